The van der Waals surface area contributed by atoms with Gasteiger partial charge < -0.3 is 15.5 Å². The maximum absolute atomic E-state index is 9.58. The van der Waals surface area contributed by atoms with E-state index in [1.165, 1.54) is 5.56 Å². The van der Waals surface area contributed by atoms with Crippen molar-refractivity contribution in [2.24, 2.45) is 0 Å². The van der Waals surface area contributed by atoms with Gasteiger partial charge in [-0.15, -0.1) is 0 Å². The van der Waals surface area contributed by atoms with Crippen molar-refractivity contribution in [1.29, 1.82) is 0 Å². The molecule has 3 N–H and O–H groups in total. The number of para-hydroxylation sites is 1. The number of aliphatic hydroxyl groups excluding tert-OH is 2. The van der Waals surface area contributed by atoms with Crippen LogP contribution in [0.4, 0.5) is 5.69 Å². The Balaban J connectivity index is 1.82. The van der Waals surface area contributed by atoms with Gasteiger partial charge in [-0.25, -0.2) is 0 Å². The molecule has 4 heteroatoms. The maximum atomic E-state index is 9.58. The van der Waals surface area contributed by atoms with E-state index in [-0.39, 0.29) is 6.61 Å². The number of nitrogens with zero attached hydrogens (tertiary/aromatic N) is 1. The van der Waals surface area contributed by atoms with Gasteiger partial charge in [0.1, 0.15) is 0 Å². The number of aliphatic hydroxyl groups is 2. The maximum Gasteiger partial charge on any atom is 0.0942 e. The van der Waals surface area contributed by atoms with Gasteiger partial charge in [0, 0.05) is 23.3 Å². The third kappa shape index (κ3) is 4.10. The Hall–Kier alpha value is -2.43. The highest BCUT2D eigenvalue weighted by Gasteiger charge is 2.08. The summed E-state index contributed by atoms with van der Waals surface area (Å²) in [7, 11) is 0. The Labute approximate surface area is 141 Å². The summed E-state index contributed by atoms with van der Waals surface area (Å²) in [5.41, 5.74) is 4.18. The predicted molar refractivity (Wildman–Crippen MR) is 97.2 cm³/mol. The Morgan fingerprint density at radius 2 is 1.71 bits per heavy atom. The smallest absolute Gasteiger partial charge is 0.0942 e. The van der Waals surface area contributed by atoms with Crippen molar-refractivity contribution in [3.63, 3.8) is 0 Å². The molecule has 1 aromatic heterocycles. The van der Waals surface area contributed by atoms with Crippen molar-refractivity contribution in [2.45, 2.75) is 18.9 Å². The van der Waals surface area contributed by atoms with Gasteiger partial charge in [0.2, 0.25) is 0 Å². The quantitative estimate of drug-likeness (QED) is 0.626. The molecule has 0 bridgehead atoms. The zero-order chi connectivity index (χ0) is 16.8. The third-order valence-electron chi connectivity index (χ3n) is 4.02. The average Bonchev–Trinajstić information content (AvgIpc) is 2.65. The molecule has 0 aliphatic heterocycles. The van der Waals surface area contributed by atoms with Gasteiger partial charge in [-0.1, -0.05) is 48.5 Å². The topological polar surface area (TPSA) is 65.4 Å². The Bertz CT molecular complexity index is 790. The minimum Gasteiger partial charge on any atom is -0.394 e. The Morgan fingerprint density at radius 3 is 2.50 bits per heavy atom. The van der Waals surface area contributed by atoms with E-state index in [2.05, 4.69) is 17.4 Å². The van der Waals surface area contributed by atoms with Gasteiger partial charge in [0.25, 0.3) is 0 Å². The molecule has 0 aliphatic carbocycles. The Morgan fingerprint density at radius 1 is 0.958 bits per heavy atom. The number of aryl methyl sites for hydroxylation is 2. The number of fused-ring (bicyclic) bond motifs is 1. The molecule has 1 atom stereocenters. The zero-order valence-corrected chi connectivity index (χ0v) is 13.5. The lowest BCUT2D eigenvalue weighted by Gasteiger charge is -2.14. The van der Waals surface area contributed by atoms with Gasteiger partial charge in [0.05, 0.1) is 18.2 Å². The minimum absolute atomic E-state index is 0.253. The van der Waals surface area contributed by atoms with Crippen LogP contribution in [-0.4, -0.2) is 34.5 Å². The first kappa shape index (κ1) is 16.4. The van der Waals surface area contributed by atoms with E-state index in [4.69, 9.17) is 10.1 Å². The van der Waals surface area contributed by atoms with Crippen molar-refractivity contribution in [3.8, 4) is 0 Å². The summed E-state index contributed by atoms with van der Waals surface area (Å²) >= 11 is 0. The molecule has 1 heterocycles. The van der Waals surface area contributed by atoms with Crippen molar-refractivity contribution in [2.75, 3.05) is 18.5 Å². The van der Waals surface area contributed by atoms with Crippen LogP contribution in [0.15, 0.2) is 60.7 Å². The molecule has 0 unspecified atom stereocenters. The summed E-state index contributed by atoms with van der Waals surface area (Å²) < 4.78 is 0. The standard InChI is InChI=1S/C20H22N2O2/c23-14-17(24)13-21-20-12-16(11-10-15-6-2-1-3-7-15)22-19-9-5-4-8-18(19)20/h1-9,12,17,23-24H,10-11,13-14H2,(H,21,22)/t17-/m0/s1. The zero-order valence-electron chi connectivity index (χ0n) is 13.5. The van der Waals surface area contributed by atoms with Gasteiger partial charge >= 0.3 is 0 Å². The highest BCUT2D eigenvalue weighted by atomic mass is 16.3. The summed E-state index contributed by atoms with van der Waals surface area (Å²) in [6, 6.07) is 20.4. The van der Waals surface area contributed by atoms with E-state index in [0.29, 0.717) is 6.54 Å². The summed E-state index contributed by atoms with van der Waals surface area (Å²) in [6.07, 6.45) is 1.02. The molecule has 3 aromatic rings. The SMILES string of the molecule is OC[C@@H](O)CNc1cc(CCc2ccccc2)nc2ccccc12. The first-order valence-electron chi connectivity index (χ1n) is 8.21. The van der Waals surface area contributed by atoms with Crippen LogP contribution in [0.3, 0.4) is 0 Å². The molecule has 0 saturated heterocycles. The summed E-state index contributed by atoms with van der Waals surface area (Å²) in [5.74, 6) is 0. The van der Waals surface area contributed by atoms with Crippen LogP contribution in [0.5, 0.6) is 0 Å². The highest BCUT2D eigenvalue weighted by molar-refractivity contribution is 5.91. The normalized spacial score (nSPS) is 12.2. The molecule has 24 heavy (non-hydrogen) atoms. The second-order valence-electron chi connectivity index (χ2n) is 5.88. The third-order valence-corrected chi connectivity index (χ3v) is 4.02. The molecular formula is C20H22N2O2. The van der Waals surface area contributed by atoms with Crippen LogP contribution >= 0.6 is 0 Å². The molecular weight excluding hydrogens is 300 g/mol. The van der Waals surface area contributed by atoms with Gasteiger partial charge in [-0.3, -0.25) is 4.98 Å². The fourth-order valence-corrected chi connectivity index (χ4v) is 2.71. The second kappa shape index (κ2) is 7.90. The lowest BCUT2D eigenvalue weighted by molar-refractivity contribution is 0.105. The number of pyridine rings is 1. The predicted octanol–water partition coefficient (Wildman–Crippen LogP) is 2.79. The van der Waals surface area contributed by atoms with E-state index < -0.39 is 6.10 Å². The van der Waals surface area contributed by atoms with Crippen LogP contribution in [-0.2, 0) is 12.8 Å². The molecule has 0 amide bonds. The number of hydrogen-bond acceptors (Lipinski definition) is 4. The van der Waals surface area contributed by atoms with E-state index in [9.17, 15) is 5.11 Å². The monoisotopic (exact) mass is 322 g/mol. The Kier molecular flexibility index (Phi) is 5.41. The number of nitrogens with one attached hydrogen (secondary N) is 1. The van der Waals surface area contributed by atoms with Crippen molar-refractivity contribution in [3.05, 3.63) is 71.9 Å². The molecule has 0 saturated carbocycles. The summed E-state index contributed by atoms with van der Waals surface area (Å²) in [5, 5.41) is 22.8. The fraction of sp³-hybridized carbons (Fsp3) is 0.250. The van der Waals surface area contributed by atoms with Crippen molar-refractivity contribution in [1.82, 2.24) is 4.98 Å². The molecule has 0 fully saturated rings. The minimum atomic E-state index is -0.773. The average molecular weight is 322 g/mol. The van der Waals surface area contributed by atoms with Crippen LogP contribution in [0, 0.1) is 0 Å². The second-order valence-corrected chi connectivity index (χ2v) is 5.88. The number of aromatic nitrogens is 1. The lowest BCUT2D eigenvalue weighted by atomic mass is 10.1. The van der Waals surface area contributed by atoms with Crippen LogP contribution in [0.2, 0.25) is 0 Å². The molecule has 124 valence electrons. The van der Waals surface area contributed by atoms with E-state index in [0.717, 1.165) is 35.1 Å². The van der Waals surface area contributed by atoms with Gasteiger partial charge in [0.15, 0.2) is 0 Å². The fourth-order valence-electron chi connectivity index (χ4n) is 2.71. The molecule has 4 nitrogen and oxygen atoms in total. The van der Waals surface area contributed by atoms with E-state index >= 15 is 0 Å². The lowest BCUT2D eigenvalue weighted by Crippen LogP contribution is -2.23. The number of rotatable bonds is 7. The largest absolute Gasteiger partial charge is 0.394 e. The summed E-state index contributed by atoms with van der Waals surface area (Å²) in [4.78, 5) is 4.75. The van der Waals surface area contributed by atoms with Crippen LogP contribution in [0.25, 0.3) is 10.9 Å². The van der Waals surface area contributed by atoms with E-state index in [1.54, 1.807) is 0 Å². The first-order valence-corrected chi connectivity index (χ1v) is 8.21. The number of benzene rings is 2. The van der Waals surface area contributed by atoms with Gasteiger partial charge in [-0.05, 0) is 30.5 Å². The van der Waals surface area contributed by atoms with Crippen LogP contribution in [0.1, 0.15) is 11.3 Å². The molecule has 0 radical (unpaired) electrons. The highest BCUT2D eigenvalue weighted by Crippen LogP contribution is 2.24. The van der Waals surface area contributed by atoms with E-state index in [1.807, 2.05) is 48.5 Å². The number of anilines is 1. The molecule has 0 aliphatic rings. The number of hydrogen-bond donors (Lipinski definition) is 3. The van der Waals surface area contributed by atoms with Gasteiger partial charge in [-0.2, -0.15) is 0 Å². The van der Waals surface area contributed by atoms with Crippen molar-refractivity contribution < 1.29 is 10.2 Å². The van der Waals surface area contributed by atoms with Crippen molar-refractivity contribution >= 4 is 16.6 Å². The molecule has 2 aromatic carbocycles. The first-order chi connectivity index (χ1) is 11.8. The van der Waals surface area contributed by atoms with Crippen LogP contribution < -0.4 is 5.32 Å². The molecule has 0 spiro atoms. The summed E-state index contributed by atoms with van der Waals surface area (Å²) in [6.45, 7) is 0.0551. The molecule has 3 rings (SSSR count).